The highest BCUT2D eigenvalue weighted by Crippen LogP contribution is 2.52. The second-order valence-electron chi connectivity index (χ2n) is 6.72. The Morgan fingerprint density at radius 1 is 1.04 bits per heavy atom. The molecule has 2 aliphatic carbocycles. The molecule has 25 heavy (non-hydrogen) atoms. The van der Waals surface area contributed by atoms with Gasteiger partial charge in [-0.05, 0) is 25.5 Å². The van der Waals surface area contributed by atoms with Crippen LogP contribution in [0.2, 0.25) is 0 Å². The maximum atomic E-state index is 12.5. The highest BCUT2D eigenvalue weighted by Gasteiger charge is 2.62. The average molecular weight is 369 g/mol. The van der Waals surface area contributed by atoms with Crippen molar-refractivity contribution < 1.29 is 33.3 Å². The van der Waals surface area contributed by atoms with Crippen LogP contribution >= 0.6 is 0 Å². The first-order valence-corrected chi connectivity index (χ1v) is 9.34. The van der Waals surface area contributed by atoms with Crippen LogP contribution in [0.1, 0.15) is 12.0 Å². The van der Waals surface area contributed by atoms with E-state index in [2.05, 4.69) is 0 Å². The molecule has 6 atom stereocenters. The van der Waals surface area contributed by atoms with Crippen molar-refractivity contribution in [1.29, 1.82) is 0 Å². The number of carbonyl (C=O) groups excluding carboxylic acids is 1. The second-order valence-corrected chi connectivity index (χ2v) is 8.40. The van der Waals surface area contributed by atoms with Gasteiger partial charge in [0.1, 0.15) is 0 Å². The van der Waals surface area contributed by atoms with Crippen LogP contribution < -0.4 is 4.72 Å². The Kier molecular flexibility index (Phi) is 4.34. The molecule has 2 saturated carbocycles. The number of rotatable bonds is 4. The van der Waals surface area contributed by atoms with E-state index in [1.54, 1.807) is 19.1 Å². The Morgan fingerprint density at radius 2 is 1.56 bits per heavy atom. The van der Waals surface area contributed by atoms with Gasteiger partial charge in [-0.15, -0.1) is 0 Å². The minimum atomic E-state index is -4.15. The highest BCUT2D eigenvalue weighted by atomic mass is 32.2. The summed E-state index contributed by atoms with van der Waals surface area (Å²) in [6, 6.07) is 5.85. The van der Waals surface area contributed by atoms with Gasteiger partial charge in [0.25, 0.3) is 10.0 Å². The topological polar surface area (TPSA) is 141 Å². The first-order chi connectivity index (χ1) is 11.6. The number of aliphatic hydroxyl groups is 2. The molecule has 1 aromatic carbocycles. The number of nitrogens with one attached hydrogen (secondary N) is 1. The number of amides is 1. The van der Waals surface area contributed by atoms with Gasteiger partial charge in [0.05, 0.1) is 28.9 Å². The molecule has 1 aromatic rings. The molecule has 2 bridgehead atoms. The average Bonchev–Trinajstić information content (AvgIpc) is 3.05. The number of carbonyl (C=O) groups is 2. The largest absolute Gasteiger partial charge is 0.481 e. The Labute approximate surface area is 144 Å². The fraction of sp³-hybridized carbons (Fsp3) is 0.500. The number of aryl methyl sites for hydroxylation is 1. The van der Waals surface area contributed by atoms with E-state index in [9.17, 15) is 33.3 Å². The zero-order valence-corrected chi connectivity index (χ0v) is 14.2. The van der Waals surface area contributed by atoms with Gasteiger partial charge in [-0.1, -0.05) is 17.7 Å². The van der Waals surface area contributed by atoms with Gasteiger partial charge in [0.15, 0.2) is 0 Å². The van der Waals surface area contributed by atoms with Crippen molar-refractivity contribution in [2.24, 2.45) is 23.7 Å². The Morgan fingerprint density at radius 3 is 2.08 bits per heavy atom. The summed E-state index contributed by atoms with van der Waals surface area (Å²) in [6.07, 6.45) is -2.29. The highest BCUT2D eigenvalue weighted by molar-refractivity contribution is 7.90. The number of aliphatic hydroxyl groups excluding tert-OH is 2. The lowest BCUT2D eigenvalue weighted by molar-refractivity contribution is -0.156. The summed E-state index contributed by atoms with van der Waals surface area (Å²) in [7, 11) is -4.15. The van der Waals surface area contributed by atoms with E-state index in [1.807, 2.05) is 4.72 Å². The molecule has 0 unspecified atom stereocenters. The predicted molar refractivity (Wildman–Crippen MR) is 84.7 cm³/mol. The molecule has 1 amide bonds. The van der Waals surface area contributed by atoms with Crippen LogP contribution in [0, 0.1) is 30.6 Å². The summed E-state index contributed by atoms with van der Waals surface area (Å²) < 4.78 is 26.6. The molecular formula is C16H19NO7S. The van der Waals surface area contributed by atoms with E-state index in [1.165, 1.54) is 12.1 Å². The van der Waals surface area contributed by atoms with Gasteiger partial charge in [0.2, 0.25) is 5.91 Å². The number of hydrogen-bond donors (Lipinski definition) is 4. The van der Waals surface area contributed by atoms with Crippen molar-refractivity contribution in [3.8, 4) is 0 Å². The molecule has 0 saturated heterocycles. The lowest BCUT2D eigenvalue weighted by Crippen LogP contribution is -2.51. The minimum Gasteiger partial charge on any atom is -0.481 e. The standard InChI is InChI=1S/C16H19NO7S/c1-7-2-4-8(5-3-7)25(23,24)17-15(20)11-9-6-10(12(11)16(21)22)14(19)13(9)18/h2-5,9-14,18-19H,6H2,1H3,(H,17,20)(H,21,22)/t9-,10+,11-,12+,13-,14+/m0/s1. The molecule has 2 fully saturated rings. The lowest BCUT2D eigenvalue weighted by atomic mass is 9.76. The summed E-state index contributed by atoms with van der Waals surface area (Å²) in [5, 5.41) is 29.2. The van der Waals surface area contributed by atoms with Crippen LogP contribution in [0.15, 0.2) is 29.2 Å². The Bertz CT molecular complexity index is 804. The number of aliphatic carboxylic acids is 1. The maximum Gasteiger partial charge on any atom is 0.307 e. The molecule has 3 rings (SSSR count). The van der Waals surface area contributed by atoms with Crippen LogP contribution in [0.3, 0.4) is 0 Å². The molecule has 4 N–H and O–H groups in total. The molecular weight excluding hydrogens is 350 g/mol. The number of carboxylic acids is 1. The van der Waals surface area contributed by atoms with E-state index in [0.29, 0.717) is 0 Å². The van der Waals surface area contributed by atoms with Crippen molar-refractivity contribution in [2.45, 2.75) is 30.4 Å². The number of benzene rings is 1. The van der Waals surface area contributed by atoms with Crippen LogP contribution in [0.5, 0.6) is 0 Å². The van der Waals surface area contributed by atoms with Gasteiger partial charge in [-0.2, -0.15) is 0 Å². The lowest BCUT2D eigenvalue weighted by Gasteiger charge is -2.33. The van der Waals surface area contributed by atoms with Gasteiger partial charge in [-0.3, -0.25) is 9.59 Å². The normalized spacial score (nSPS) is 34.0. The number of sulfonamides is 1. The third-order valence-electron chi connectivity index (χ3n) is 5.24. The van der Waals surface area contributed by atoms with Crippen LogP contribution in [0.25, 0.3) is 0 Å². The van der Waals surface area contributed by atoms with E-state index in [4.69, 9.17) is 0 Å². The molecule has 2 aliphatic rings. The molecule has 9 heteroatoms. The summed E-state index contributed by atoms with van der Waals surface area (Å²) in [5.74, 6) is -6.24. The molecule has 0 heterocycles. The first-order valence-electron chi connectivity index (χ1n) is 7.86. The van der Waals surface area contributed by atoms with Crippen molar-refractivity contribution in [1.82, 2.24) is 4.72 Å². The maximum absolute atomic E-state index is 12.5. The van der Waals surface area contributed by atoms with E-state index in [0.717, 1.165) is 5.56 Å². The van der Waals surface area contributed by atoms with E-state index in [-0.39, 0.29) is 11.3 Å². The van der Waals surface area contributed by atoms with Crippen molar-refractivity contribution >= 4 is 21.9 Å². The third kappa shape index (κ3) is 2.92. The van der Waals surface area contributed by atoms with Crippen LogP contribution in [-0.4, -0.2) is 47.8 Å². The zero-order chi connectivity index (χ0) is 18.5. The fourth-order valence-electron chi connectivity index (χ4n) is 4.02. The van der Waals surface area contributed by atoms with Gasteiger partial charge >= 0.3 is 5.97 Å². The summed E-state index contributed by atoms with van der Waals surface area (Å²) in [5.41, 5.74) is 0.849. The van der Waals surface area contributed by atoms with Crippen molar-refractivity contribution in [3.05, 3.63) is 29.8 Å². The summed E-state index contributed by atoms with van der Waals surface area (Å²) in [4.78, 5) is 23.9. The minimum absolute atomic E-state index is 0.109. The van der Waals surface area contributed by atoms with Crippen molar-refractivity contribution in [2.75, 3.05) is 0 Å². The second kappa shape index (κ2) is 6.08. The molecule has 0 spiro atoms. The summed E-state index contributed by atoms with van der Waals surface area (Å²) >= 11 is 0. The molecule has 0 aromatic heterocycles. The van der Waals surface area contributed by atoms with Crippen LogP contribution in [-0.2, 0) is 19.6 Å². The number of fused-ring (bicyclic) bond motifs is 2. The Balaban J connectivity index is 1.85. The molecule has 0 radical (unpaired) electrons. The van der Waals surface area contributed by atoms with E-state index >= 15 is 0 Å². The number of carboxylic acid groups (broad SMARTS) is 1. The molecule has 136 valence electrons. The molecule has 0 aliphatic heterocycles. The van der Waals surface area contributed by atoms with Gasteiger partial charge in [-0.25, -0.2) is 13.1 Å². The quantitative estimate of drug-likeness (QED) is 0.560. The fourth-order valence-corrected chi connectivity index (χ4v) is 5.03. The Hall–Kier alpha value is -1.97. The first kappa shape index (κ1) is 17.8. The number of hydrogen-bond acceptors (Lipinski definition) is 6. The molecule has 8 nitrogen and oxygen atoms in total. The monoisotopic (exact) mass is 369 g/mol. The van der Waals surface area contributed by atoms with Crippen LogP contribution in [0.4, 0.5) is 0 Å². The predicted octanol–water partition coefficient (Wildman–Crippen LogP) is -0.512. The third-order valence-corrected chi connectivity index (χ3v) is 6.60. The van der Waals surface area contributed by atoms with Gasteiger partial charge < -0.3 is 15.3 Å². The smallest absolute Gasteiger partial charge is 0.307 e. The van der Waals surface area contributed by atoms with Crippen molar-refractivity contribution in [3.63, 3.8) is 0 Å². The SMILES string of the molecule is Cc1ccc(S(=O)(=O)NC(=O)[C@H]2[C@@H]3C[C@@H]([C@@H](O)[C@H]3O)[C@H]2C(=O)O)cc1. The van der Waals surface area contributed by atoms with Gasteiger partial charge in [0, 0.05) is 11.8 Å². The zero-order valence-electron chi connectivity index (χ0n) is 13.4. The summed E-state index contributed by atoms with van der Waals surface area (Å²) in [6.45, 7) is 1.79. The van der Waals surface area contributed by atoms with E-state index < -0.39 is 57.8 Å².